The fraction of sp³-hybridized carbons (Fsp3) is 0.800. The van der Waals surface area contributed by atoms with Gasteiger partial charge in [-0.05, 0) is 20.3 Å². The van der Waals surface area contributed by atoms with E-state index in [1.54, 1.807) is 13.8 Å². The van der Waals surface area contributed by atoms with Crippen LogP contribution in [0.5, 0.6) is 0 Å². The maximum Gasteiger partial charge on any atom is 0.310 e. The fourth-order valence-corrected chi connectivity index (χ4v) is 1.31. The number of amides is 1. The Morgan fingerprint density at radius 1 is 1.56 bits per heavy atom. The molecule has 0 aromatic heterocycles. The highest BCUT2D eigenvalue weighted by Gasteiger charge is 2.39. The highest BCUT2D eigenvalue weighted by atomic mass is 16.5. The average molecular weight is 230 g/mol. The molecule has 6 nitrogen and oxygen atoms in total. The minimum atomic E-state index is -1.01. The third-order valence-electron chi connectivity index (χ3n) is 2.77. The summed E-state index contributed by atoms with van der Waals surface area (Å²) in [5, 5.41) is 11.4. The summed E-state index contributed by atoms with van der Waals surface area (Å²) in [6, 6.07) is 0. The zero-order valence-electron chi connectivity index (χ0n) is 9.58. The van der Waals surface area contributed by atoms with Crippen LogP contribution in [0.3, 0.4) is 0 Å². The third kappa shape index (κ3) is 2.70. The van der Waals surface area contributed by atoms with Gasteiger partial charge in [0.05, 0.1) is 12.0 Å². The monoisotopic (exact) mass is 230 g/mol. The molecule has 0 saturated carbocycles. The van der Waals surface area contributed by atoms with Gasteiger partial charge in [0, 0.05) is 13.2 Å². The maximum absolute atomic E-state index is 11.7. The van der Waals surface area contributed by atoms with Gasteiger partial charge in [-0.15, -0.1) is 0 Å². The average Bonchev–Trinajstić information content (AvgIpc) is 2.62. The van der Waals surface area contributed by atoms with Crippen molar-refractivity contribution in [3.8, 4) is 0 Å². The third-order valence-corrected chi connectivity index (χ3v) is 2.77. The van der Waals surface area contributed by atoms with Crippen molar-refractivity contribution >= 4 is 11.9 Å². The van der Waals surface area contributed by atoms with Crippen molar-refractivity contribution in [2.75, 3.05) is 19.8 Å². The lowest BCUT2D eigenvalue weighted by molar-refractivity contribution is -0.147. The number of ether oxygens (including phenoxy) is 1. The molecule has 16 heavy (non-hydrogen) atoms. The molecule has 1 atom stereocenters. The molecule has 4 N–H and O–H groups in total. The molecule has 1 aliphatic rings. The van der Waals surface area contributed by atoms with Crippen molar-refractivity contribution in [2.45, 2.75) is 25.8 Å². The SMILES string of the molecule is CC(C)(CNC(=O)C1(N)CCOC1)C(=O)O. The highest BCUT2D eigenvalue weighted by molar-refractivity contribution is 5.87. The number of carbonyl (C=O) groups excluding carboxylic acids is 1. The molecule has 1 aliphatic heterocycles. The summed E-state index contributed by atoms with van der Waals surface area (Å²) >= 11 is 0. The van der Waals surface area contributed by atoms with Crippen molar-refractivity contribution in [1.29, 1.82) is 0 Å². The van der Waals surface area contributed by atoms with Gasteiger partial charge >= 0.3 is 5.97 Å². The van der Waals surface area contributed by atoms with Crippen LogP contribution >= 0.6 is 0 Å². The van der Waals surface area contributed by atoms with E-state index in [1.165, 1.54) is 0 Å². The molecule has 0 bridgehead atoms. The van der Waals surface area contributed by atoms with Gasteiger partial charge in [0.15, 0.2) is 0 Å². The zero-order chi connectivity index (χ0) is 12.4. The van der Waals surface area contributed by atoms with Gasteiger partial charge in [0.1, 0.15) is 5.54 Å². The minimum absolute atomic E-state index is 0.0557. The van der Waals surface area contributed by atoms with Gasteiger partial charge in [0.2, 0.25) is 5.91 Å². The van der Waals surface area contributed by atoms with Gasteiger partial charge in [-0.3, -0.25) is 9.59 Å². The summed E-state index contributed by atoms with van der Waals surface area (Å²) in [5.74, 6) is -1.30. The van der Waals surface area contributed by atoms with E-state index in [1.807, 2.05) is 0 Å². The molecule has 1 fully saturated rings. The number of carboxylic acids is 1. The molecule has 1 saturated heterocycles. The highest BCUT2D eigenvalue weighted by Crippen LogP contribution is 2.17. The Morgan fingerprint density at radius 2 is 2.19 bits per heavy atom. The smallest absolute Gasteiger partial charge is 0.310 e. The van der Waals surface area contributed by atoms with E-state index >= 15 is 0 Å². The van der Waals surface area contributed by atoms with Crippen LogP contribution < -0.4 is 11.1 Å². The number of hydrogen-bond donors (Lipinski definition) is 3. The maximum atomic E-state index is 11.7. The normalized spacial score (nSPS) is 25.4. The Morgan fingerprint density at radius 3 is 2.62 bits per heavy atom. The molecule has 1 unspecified atom stereocenters. The summed E-state index contributed by atoms with van der Waals surface area (Å²) in [6.07, 6.45) is 0.465. The molecule has 0 radical (unpaired) electrons. The minimum Gasteiger partial charge on any atom is -0.481 e. The standard InChI is InChI=1S/C10H18N2O4/c1-9(2,8(14)15)5-12-7(13)10(11)3-4-16-6-10/h3-6,11H2,1-2H3,(H,12,13)(H,14,15). The largest absolute Gasteiger partial charge is 0.481 e. The first kappa shape index (κ1) is 12.9. The molecule has 1 heterocycles. The van der Waals surface area contributed by atoms with Gasteiger partial charge < -0.3 is 20.9 Å². The quantitative estimate of drug-likeness (QED) is 0.594. The van der Waals surface area contributed by atoms with E-state index in [0.29, 0.717) is 13.0 Å². The number of nitrogens with two attached hydrogens (primary N) is 1. The Hall–Kier alpha value is -1.14. The second-order valence-electron chi connectivity index (χ2n) is 4.83. The van der Waals surface area contributed by atoms with E-state index < -0.39 is 16.9 Å². The molecule has 6 heteroatoms. The van der Waals surface area contributed by atoms with Crippen molar-refractivity contribution in [3.05, 3.63) is 0 Å². The molecule has 1 amide bonds. The van der Waals surface area contributed by atoms with Crippen LogP contribution in [0.4, 0.5) is 0 Å². The van der Waals surface area contributed by atoms with Gasteiger partial charge in [-0.25, -0.2) is 0 Å². The van der Waals surface area contributed by atoms with Crippen LogP contribution in [-0.2, 0) is 14.3 Å². The second-order valence-corrected chi connectivity index (χ2v) is 4.83. The molecular weight excluding hydrogens is 212 g/mol. The fourth-order valence-electron chi connectivity index (χ4n) is 1.31. The summed E-state index contributed by atoms with van der Waals surface area (Å²) in [5.41, 5.74) is 3.82. The van der Waals surface area contributed by atoms with E-state index in [4.69, 9.17) is 15.6 Å². The second kappa shape index (κ2) is 4.39. The van der Waals surface area contributed by atoms with Crippen LogP contribution in [0.25, 0.3) is 0 Å². The van der Waals surface area contributed by atoms with Crippen LogP contribution in [-0.4, -0.2) is 42.3 Å². The predicted molar refractivity (Wildman–Crippen MR) is 56.8 cm³/mol. The van der Waals surface area contributed by atoms with Crippen molar-refractivity contribution < 1.29 is 19.4 Å². The number of hydrogen-bond acceptors (Lipinski definition) is 4. The number of nitrogens with one attached hydrogen (secondary N) is 1. The van der Waals surface area contributed by atoms with Crippen molar-refractivity contribution in [2.24, 2.45) is 11.1 Å². The van der Waals surface area contributed by atoms with Crippen LogP contribution in [0.15, 0.2) is 0 Å². The first-order valence-electron chi connectivity index (χ1n) is 5.16. The Balaban J connectivity index is 2.50. The zero-order valence-corrected chi connectivity index (χ0v) is 9.58. The van der Waals surface area contributed by atoms with E-state index in [2.05, 4.69) is 5.32 Å². The molecular formula is C10H18N2O4. The van der Waals surface area contributed by atoms with Gasteiger partial charge in [0.25, 0.3) is 0 Å². The van der Waals surface area contributed by atoms with Crippen LogP contribution in [0.1, 0.15) is 20.3 Å². The lowest BCUT2D eigenvalue weighted by Gasteiger charge is -2.24. The Kier molecular flexibility index (Phi) is 3.54. The topological polar surface area (TPSA) is 102 Å². The number of carboxylic acid groups (broad SMARTS) is 1. The summed E-state index contributed by atoms with van der Waals surface area (Å²) in [4.78, 5) is 22.6. The first-order chi connectivity index (χ1) is 7.28. The summed E-state index contributed by atoms with van der Waals surface area (Å²) in [6.45, 7) is 3.80. The predicted octanol–water partition coefficient (Wildman–Crippen LogP) is -0.669. The van der Waals surface area contributed by atoms with Crippen LogP contribution in [0.2, 0.25) is 0 Å². The first-order valence-corrected chi connectivity index (χ1v) is 5.16. The molecule has 0 aliphatic carbocycles. The van der Waals surface area contributed by atoms with E-state index in [9.17, 15) is 9.59 Å². The van der Waals surface area contributed by atoms with Crippen molar-refractivity contribution in [3.63, 3.8) is 0 Å². The lowest BCUT2D eigenvalue weighted by Crippen LogP contribution is -2.56. The van der Waals surface area contributed by atoms with Gasteiger partial charge in [-0.2, -0.15) is 0 Å². The molecule has 0 aromatic rings. The summed E-state index contributed by atoms with van der Waals surface area (Å²) < 4.78 is 5.06. The van der Waals surface area contributed by atoms with Crippen LogP contribution in [0, 0.1) is 5.41 Å². The molecule has 0 aromatic carbocycles. The number of carbonyl (C=O) groups is 2. The number of aliphatic carboxylic acids is 1. The molecule has 0 spiro atoms. The van der Waals surface area contributed by atoms with E-state index in [-0.39, 0.29) is 19.1 Å². The summed E-state index contributed by atoms with van der Waals surface area (Å²) in [7, 11) is 0. The number of rotatable bonds is 4. The van der Waals surface area contributed by atoms with E-state index in [0.717, 1.165) is 0 Å². The lowest BCUT2D eigenvalue weighted by atomic mass is 9.92. The Labute approximate surface area is 94.1 Å². The molecule has 1 rings (SSSR count). The molecule has 92 valence electrons. The van der Waals surface area contributed by atoms with Crippen molar-refractivity contribution in [1.82, 2.24) is 5.32 Å². The van der Waals surface area contributed by atoms with Gasteiger partial charge in [-0.1, -0.05) is 0 Å². The Bertz CT molecular complexity index is 295.